The molecule has 0 radical (unpaired) electrons. The molecule has 0 saturated carbocycles. The van der Waals surface area contributed by atoms with Crippen LogP contribution in [0.2, 0.25) is 0 Å². The fourth-order valence-corrected chi connectivity index (χ4v) is 14.5. The summed E-state index contributed by atoms with van der Waals surface area (Å²) in [7, 11) is 0. The first kappa shape index (κ1) is 59.2. The lowest BCUT2D eigenvalue weighted by molar-refractivity contribution is 0.661. The molecule has 16 aromatic rings. The molecule has 0 N–H and O–H groups in total. The van der Waals surface area contributed by atoms with Crippen molar-refractivity contribution in [3.63, 3.8) is 0 Å². The zero-order valence-corrected chi connectivity index (χ0v) is 54.6. The number of benzene rings is 12. The molecule has 0 fully saturated rings. The zero-order chi connectivity index (χ0) is 65.9. The first-order valence-electron chi connectivity index (χ1n) is 33.3. The predicted octanol–water partition coefficient (Wildman–Crippen LogP) is 22.1. The fraction of sp³-hybridized carbons (Fsp3) is 0.0667. The summed E-state index contributed by atoms with van der Waals surface area (Å²) in [5.74, 6) is 3.73. The number of aromatic nitrogens is 8. The second-order valence-corrected chi connectivity index (χ2v) is 26.3. The van der Waals surface area contributed by atoms with Crippen molar-refractivity contribution in [1.82, 2.24) is 39.9 Å². The highest BCUT2D eigenvalue weighted by Crippen LogP contribution is 2.54. The van der Waals surface area contributed by atoms with Crippen LogP contribution in [0.1, 0.15) is 49.9 Å². The van der Waals surface area contributed by atoms with Gasteiger partial charge in [-0.2, -0.15) is 0 Å². The van der Waals surface area contributed by atoms with E-state index >= 15 is 0 Å². The molecule has 8 heteroatoms. The van der Waals surface area contributed by atoms with Gasteiger partial charge in [-0.05, 0) is 147 Å². The van der Waals surface area contributed by atoms with E-state index in [-0.39, 0.29) is 10.8 Å². The highest BCUT2D eigenvalue weighted by atomic mass is 15.0. The molecule has 8 nitrogen and oxygen atoms in total. The third kappa shape index (κ3) is 10.8. The summed E-state index contributed by atoms with van der Waals surface area (Å²) in [5, 5.41) is 5.22. The number of fused-ring (bicyclic) bond motifs is 10. The maximum absolute atomic E-state index is 4.98. The van der Waals surface area contributed by atoms with E-state index in [9.17, 15) is 0 Å². The molecule has 464 valence electrons. The van der Waals surface area contributed by atoms with E-state index in [0.29, 0.717) is 34.9 Å². The first-order valence-corrected chi connectivity index (χ1v) is 33.3. The van der Waals surface area contributed by atoms with Gasteiger partial charge < -0.3 is 0 Å². The van der Waals surface area contributed by atoms with Gasteiger partial charge in [0.2, 0.25) is 0 Å². The lowest BCUT2D eigenvalue weighted by Gasteiger charge is -2.23. The molecule has 0 amide bonds. The predicted molar refractivity (Wildman–Crippen MR) is 400 cm³/mol. The highest BCUT2D eigenvalue weighted by Gasteiger charge is 2.38. The van der Waals surface area contributed by atoms with E-state index in [2.05, 4.69) is 292 Å². The SMILES string of the molecule is CC1(C)c2cc(-c3ccc(-c4nc(-c5ccc(-c6ccccc6)cc5)nc(-c5cccnc5)n4)cc3)ccc2-c2ccc3ccccc3c21.CC1(C)c2cc(-c3ccc(-c4nc(-c5ccncc5)nc(-c5ccc(-c6ccccc6)cc5)n4)cc3)ccc2-c2c1ccc1ccccc21. The van der Waals surface area contributed by atoms with E-state index in [1.54, 1.807) is 24.8 Å². The van der Waals surface area contributed by atoms with Crippen LogP contribution in [-0.4, -0.2) is 39.9 Å². The lowest BCUT2D eigenvalue weighted by Crippen LogP contribution is -2.15. The van der Waals surface area contributed by atoms with E-state index in [4.69, 9.17) is 29.9 Å². The van der Waals surface area contributed by atoms with Crippen molar-refractivity contribution < 1.29 is 0 Å². The van der Waals surface area contributed by atoms with E-state index in [1.807, 2.05) is 36.4 Å². The third-order valence-electron chi connectivity index (χ3n) is 19.7. The largest absolute Gasteiger partial charge is 0.265 e. The topological polar surface area (TPSA) is 103 Å². The van der Waals surface area contributed by atoms with E-state index in [1.165, 1.54) is 88.3 Å². The maximum atomic E-state index is 4.98. The number of rotatable bonds is 10. The summed E-state index contributed by atoms with van der Waals surface area (Å²) in [6.45, 7) is 9.38. The van der Waals surface area contributed by atoms with Crippen molar-refractivity contribution in [2.24, 2.45) is 0 Å². The first-order chi connectivity index (χ1) is 48.1. The van der Waals surface area contributed by atoms with Gasteiger partial charge in [0.15, 0.2) is 34.9 Å². The van der Waals surface area contributed by atoms with Crippen LogP contribution in [0.25, 0.3) is 157 Å². The number of hydrogen-bond acceptors (Lipinski definition) is 8. The van der Waals surface area contributed by atoms with E-state index < -0.39 is 0 Å². The molecule has 0 bridgehead atoms. The molecule has 18 rings (SSSR count). The molecule has 12 aromatic carbocycles. The molecular formula is C90H64N8. The average molecular weight is 1260 g/mol. The van der Waals surface area contributed by atoms with Crippen molar-refractivity contribution in [2.45, 2.75) is 38.5 Å². The summed E-state index contributed by atoms with van der Waals surface area (Å²) in [5.41, 5.74) is 25.5. The van der Waals surface area contributed by atoms with Gasteiger partial charge >= 0.3 is 0 Å². The third-order valence-corrected chi connectivity index (χ3v) is 19.7. The second kappa shape index (κ2) is 24.4. The Labute approximate surface area is 569 Å². The van der Waals surface area contributed by atoms with Gasteiger partial charge in [0.1, 0.15) is 0 Å². The van der Waals surface area contributed by atoms with Gasteiger partial charge in [0.05, 0.1) is 0 Å². The zero-order valence-electron chi connectivity index (χ0n) is 54.6. The normalized spacial score (nSPS) is 12.9. The van der Waals surface area contributed by atoms with Crippen LogP contribution in [0.3, 0.4) is 0 Å². The Balaban J connectivity index is 0.000000147. The van der Waals surface area contributed by atoms with Gasteiger partial charge in [0, 0.05) is 69.0 Å². The molecule has 2 aliphatic rings. The van der Waals surface area contributed by atoms with Crippen LogP contribution in [0, 0.1) is 0 Å². The van der Waals surface area contributed by atoms with Gasteiger partial charge in [-0.15, -0.1) is 0 Å². The van der Waals surface area contributed by atoms with Crippen molar-refractivity contribution in [3.8, 4) is 135 Å². The molecule has 0 spiro atoms. The van der Waals surface area contributed by atoms with Gasteiger partial charge in [0.25, 0.3) is 0 Å². The molecule has 2 aliphatic carbocycles. The highest BCUT2D eigenvalue weighted by molar-refractivity contribution is 6.03. The van der Waals surface area contributed by atoms with Crippen molar-refractivity contribution in [1.29, 1.82) is 0 Å². The number of pyridine rings is 2. The van der Waals surface area contributed by atoms with Crippen LogP contribution in [0.5, 0.6) is 0 Å². The Morgan fingerprint density at radius 3 is 1.07 bits per heavy atom. The van der Waals surface area contributed by atoms with Crippen LogP contribution in [0.15, 0.2) is 316 Å². The standard InChI is InChI=1S/2C45H32N4/c1-45(2)40-27-35(23-24-38(40)39-25-22-32-11-6-7-13-37(32)41(39)45)31-16-20-34(21-17-31)43-47-42(48-44(49-43)36-12-8-26-46-28-36)33-18-14-30(15-19-33)29-9-4-3-5-10-29;1-45(2)39-23-21-32-10-6-7-11-37(32)41(39)38-22-20-36(28-40(38)45)31-14-18-34(19-15-31)43-47-42(48-44(49-43)35-24-26-46-27-25-35)33-16-12-30(13-17-33)29-8-4-3-5-9-29/h2*3-28H,1-2H3. The van der Waals surface area contributed by atoms with Crippen LogP contribution >= 0.6 is 0 Å². The minimum atomic E-state index is -0.106. The van der Waals surface area contributed by atoms with Crippen LogP contribution in [-0.2, 0) is 10.8 Å². The van der Waals surface area contributed by atoms with E-state index in [0.717, 1.165) is 55.6 Å². The maximum Gasteiger partial charge on any atom is 0.165 e. The minimum Gasteiger partial charge on any atom is -0.265 e. The smallest absolute Gasteiger partial charge is 0.165 e. The van der Waals surface area contributed by atoms with Crippen molar-refractivity contribution >= 4 is 21.5 Å². The van der Waals surface area contributed by atoms with Crippen molar-refractivity contribution in [2.75, 3.05) is 0 Å². The van der Waals surface area contributed by atoms with Gasteiger partial charge in [-0.25, -0.2) is 29.9 Å². The summed E-state index contributed by atoms with van der Waals surface area (Å²) >= 11 is 0. The Bertz CT molecular complexity index is 5680. The second-order valence-electron chi connectivity index (χ2n) is 26.3. The molecule has 0 saturated heterocycles. The van der Waals surface area contributed by atoms with Gasteiger partial charge in [-0.1, -0.05) is 282 Å². The quantitative estimate of drug-likeness (QED) is 0.133. The lowest BCUT2D eigenvalue weighted by atomic mass is 9.79. The average Bonchev–Trinajstić information content (AvgIpc) is 1.57. The Hall–Kier alpha value is -12.5. The Kier molecular flexibility index (Phi) is 14.7. The molecule has 4 heterocycles. The summed E-state index contributed by atoms with van der Waals surface area (Å²) in [6, 6.07) is 103. The summed E-state index contributed by atoms with van der Waals surface area (Å²) in [4.78, 5) is 38.1. The molecular weight excluding hydrogens is 1190 g/mol. The van der Waals surface area contributed by atoms with Gasteiger partial charge in [-0.3, -0.25) is 9.97 Å². The molecule has 4 aromatic heterocycles. The summed E-state index contributed by atoms with van der Waals surface area (Å²) in [6.07, 6.45) is 7.08. The molecule has 0 unspecified atom stereocenters. The molecule has 0 aliphatic heterocycles. The summed E-state index contributed by atoms with van der Waals surface area (Å²) < 4.78 is 0. The molecule has 98 heavy (non-hydrogen) atoms. The minimum absolute atomic E-state index is 0.0887. The fourth-order valence-electron chi connectivity index (χ4n) is 14.5. The molecule has 0 atom stereocenters. The van der Waals surface area contributed by atoms with Crippen molar-refractivity contribution in [3.05, 3.63) is 338 Å². The van der Waals surface area contributed by atoms with Crippen LogP contribution in [0.4, 0.5) is 0 Å². The Morgan fingerprint density at radius 2 is 0.582 bits per heavy atom. The number of hydrogen-bond donors (Lipinski definition) is 0. The number of nitrogens with zero attached hydrogens (tertiary/aromatic N) is 8. The monoisotopic (exact) mass is 1260 g/mol. The van der Waals surface area contributed by atoms with Crippen LogP contribution < -0.4 is 0 Å². The Morgan fingerprint density at radius 1 is 0.224 bits per heavy atom.